The number of ketones is 1. The zero-order valence-corrected chi connectivity index (χ0v) is 17.1. The fourth-order valence-electron chi connectivity index (χ4n) is 2.09. The fourth-order valence-corrected chi connectivity index (χ4v) is 2.09. The molecule has 0 aliphatic heterocycles. The van der Waals surface area contributed by atoms with Gasteiger partial charge in [-0.1, -0.05) is 32.9 Å². The Kier molecular flexibility index (Phi) is 8.21. The topological polar surface area (TPSA) is 50.2 Å². The summed E-state index contributed by atoms with van der Waals surface area (Å²) in [5.41, 5.74) is 2.28. The van der Waals surface area contributed by atoms with Crippen LogP contribution in [0.5, 0.6) is 0 Å². The zero-order chi connectivity index (χ0) is 17.6. The van der Waals surface area contributed by atoms with Crippen molar-refractivity contribution >= 4 is 5.78 Å². The maximum atomic E-state index is 11.8. The molecule has 4 heteroatoms. The number of pyridine rings is 1. The van der Waals surface area contributed by atoms with Crippen LogP contribution in [0.1, 0.15) is 32.9 Å². The van der Waals surface area contributed by atoms with Crippen LogP contribution in [0.3, 0.4) is 0 Å². The second-order valence-corrected chi connectivity index (χ2v) is 6.74. The minimum Gasteiger partial charge on any atom is -0.512 e. The minimum atomic E-state index is -0.476. The summed E-state index contributed by atoms with van der Waals surface area (Å²) in [6.45, 7) is 5.50. The first-order chi connectivity index (χ1) is 11.4. The van der Waals surface area contributed by atoms with Gasteiger partial charge in [-0.2, -0.15) is 0 Å². The van der Waals surface area contributed by atoms with E-state index < -0.39 is 5.41 Å². The van der Waals surface area contributed by atoms with Gasteiger partial charge in [0.25, 0.3) is 0 Å². The molecule has 0 aliphatic rings. The van der Waals surface area contributed by atoms with Crippen LogP contribution >= 0.6 is 0 Å². The zero-order valence-electron chi connectivity index (χ0n) is 14.7. The number of nitrogens with zero attached hydrogens (tertiary/aromatic N) is 1. The van der Waals surface area contributed by atoms with Crippen molar-refractivity contribution in [1.29, 1.82) is 0 Å². The van der Waals surface area contributed by atoms with Crippen LogP contribution in [0.15, 0.2) is 54.3 Å². The SMILES string of the molecule is CC(C)(C)C(=O)/C=C(\O)C[CH]Cc1cccc(-c2[c-]cccc2)n1.[Ir]. The molecule has 134 valence electrons. The van der Waals surface area contributed by atoms with Crippen LogP contribution in [0.25, 0.3) is 11.3 Å². The van der Waals surface area contributed by atoms with Gasteiger partial charge in [0.1, 0.15) is 0 Å². The molecule has 0 saturated heterocycles. The van der Waals surface area contributed by atoms with E-state index >= 15 is 0 Å². The molecule has 1 heterocycles. The molecule has 1 aromatic carbocycles. The van der Waals surface area contributed by atoms with Gasteiger partial charge in [0.15, 0.2) is 5.78 Å². The van der Waals surface area contributed by atoms with Gasteiger partial charge in [-0.05, 0) is 24.6 Å². The average Bonchev–Trinajstić information content (AvgIpc) is 2.55. The van der Waals surface area contributed by atoms with Crippen molar-refractivity contribution in [3.63, 3.8) is 0 Å². The second-order valence-electron chi connectivity index (χ2n) is 6.74. The number of aliphatic hydroxyl groups excluding tert-OH is 1. The van der Waals surface area contributed by atoms with E-state index in [-0.39, 0.29) is 31.6 Å². The molecule has 0 bridgehead atoms. The Balaban J connectivity index is 0.00000312. The van der Waals surface area contributed by atoms with E-state index in [1.54, 1.807) is 0 Å². The predicted molar refractivity (Wildman–Crippen MR) is 96.3 cm³/mol. The molecule has 0 spiro atoms. The molecule has 0 aliphatic carbocycles. The van der Waals surface area contributed by atoms with Gasteiger partial charge in [-0.25, -0.2) is 0 Å². The Morgan fingerprint density at radius 1 is 1.20 bits per heavy atom. The van der Waals surface area contributed by atoms with Crippen LogP contribution in [0, 0.1) is 17.9 Å². The quantitative estimate of drug-likeness (QED) is 0.345. The summed E-state index contributed by atoms with van der Waals surface area (Å²) in [5, 5.41) is 9.88. The fraction of sp³-hybridized carbons (Fsp3) is 0.286. The maximum Gasteiger partial charge on any atom is 0.164 e. The largest absolute Gasteiger partial charge is 0.512 e. The standard InChI is InChI=1S/C21H23NO2.Ir/c1-21(2,3)20(24)15-18(23)13-7-11-17-12-8-14-19(22-17)16-9-5-4-6-10-16;/h4-9,12,14-15,23H,11,13H2,1-3H3;/q-1;/b18-15-;. The van der Waals surface area contributed by atoms with Gasteiger partial charge in [-0.15, -0.1) is 35.9 Å². The number of aliphatic hydroxyl groups is 1. The van der Waals surface area contributed by atoms with Crippen LogP contribution in [0.4, 0.5) is 0 Å². The van der Waals surface area contributed by atoms with Crippen molar-refractivity contribution in [1.82, 2.24) is 4.98 Å². The van der Waals surface area contributed by atoms with Crippen molar-refractivity contribution in [2.45, 2.75) is 33.6 Å². The molecule has 0 saturated carbocycles. The van der Waals surface area contributed by atoms with Crippen molar-refractivity contribution < 1.29 is 30.0 Å². The monoisotopic (exact) mass is 514 g/mol. The average molecular weight is 514 g/mol. The summed E-state index contributed by atoms with van der Waals surface area (Å²) in [6.07, 6.45) is 4.22. The third-order valence-electron chi connectivity index (χ3n) is 3.54. The first-order valence-electron chi connectivity index (χ1n) is 8.05. The third kappa shape index (κ3) is 6.93. The van der Waals surface area contributed by atoms with Crippen molar-refractivity contribution in [2.75, 3.05) is 0 Å². The molecule has 25 heavy (non-hydrogen) atoms. The summed E-state index contributed by atoms with van der Waals surface area (Å²) >= 11 is 0. The number of carbonyl (C=O) groups excluding carboxylic acids is 1. The first-order valence-corrected chi connectivity index (χ1v) is 8.05. The number of rotatable bonds is 6. The smallest absolute Gasteiger partial charge is 0.164 e. The second kappa shape index (κ2) is 9.64. The van der Waals surface area contributed by atoms with Crippen molar-refractivity contribution in [3.8, 4) is 11.3 Å². The molecular weight excluding hydrogens is 490 g/mol. The van der Waals surface area contributed by atoms with E-state index in [0.29, 0.717) is 12.8 Å². The van der Waals surface area contributed by atoms with Crippen LogP contribution in [-0.2, 0) is 31.3 Å². The van der Waals surface area contributed by atoms with Crippen LogP contribution in [0.2, 0.25) is 0 Å². The van der Waals surface area contributed by atoms with E-state index in [1.165, 1.54) is 6.08 Å². The Labute approximate surface area is 163 Å². The van der Waals surface area contributed by atoms with Crippen molar-refractivity contribution in [2.24, 2.45) is 5.41 Å². The van der Waals surface area contributed by atoms with Gasteiger partial charge in [0.05, 0.1) is 5.76 Å². The van der Waals surface area contributed by atoms with E-state index in [4.69, 9.17) is 0 Å². The summed E-state index contributed by atoms with van der Waals surface area (Å²) in [7, 11) is 0. The maximum absolute atomic E-state index is 11.8. The molecule has 2 aromatic rings. The summed E-state index contributed by atoms with van der Waals surface area (Å²) < 4.78 is 0. The molecule has 0 unspecified atom stereocenters. The first kappa shape index (κ1) is 21.3. The Morgan fingerprint density at radius 3 is 2.60 bits per heavy atom. The number of carbonyl (C=O) groups is 1. The van der Waals surface area contributed by atoms with Gasteiger partial charge in [0.2, 0.25) is 0 Å². The molecule has 0 atom stereocenters. The number of hydrogen-bond acceptors (Lipinski definition) is 3. The summed E-state index contributed by atoms with van der Waals surface area (Å²) in [6, 6.07) is 16.8. The molecular formula is C21H23IrNO2-. The Bertz CT molecular complexity index is 718. The van der Waals surface area contributed by atoms with Crippen LogP contribution in [-0.4, -0.2) is 15.9 Å². The summed E-state index contributed by atoms with van der Waals surface area (Å²) in [4.78, 5) is 16.5. The predicted octanol–water partition coefficient (Wildman–Crippen LogP) is 4.74. The van der Waals surface area contributed by atoms with E-state index in [1.807, 2.05) is 69.7 Å². The molecule has 1 aromatic heterocycles. The number of aromatic nitrogens is 1. The number of hydrogen-bond donors (Lipinski definition) is 1. The Morgan fingerprint density at radius 2 is 1.96 bits per heavy atom. The molecule has 0 fully saturated rings. The van der Waals surface area contributed by atoms with E-state index in [2.05, 4.69) is 11.1 Å². The molecule has 1 N–H and O–H groups in total. The van der Waals surface area contributed by atoms with Gasteiger partial charge in [0, 0.05) is 43.7 Å². The van der Waals surface area contributed by atoms with Gasteiger partial charge < -0.3 is 10.1 Å². The Hall–Kier alpha value is -1.77. The molecule has 2 rings (SSSR count). The van der Waals surface area contributed by atoms with E-state index in [0.717, 1.165) is 17.0 Å². The molecule has 3 nitrogen and oxygen atoms in total. The van der Waals surface area contributed by atoms with E-state index in [9.17, 15) is 9.90 Å². The van der Waals surface area contributed by atoms with Gasteiger partial charge in [-0.3, -0.25) is 4.79 Å². The van der Waals surface area contributed by atoms with Crippen LogP contribution < -0.4 is 0 Å². The van der Waals surface area contributed by atoms with Crippen molar-refractivity contribution in [3.05, 3.63) is 72.5 Å². The molecule has 2 radical (unpaired) electrons. The third-order valence-corrected chi connectivity index (χ3v) is 3.54. The minimum absolute atomic E-state index is 0. The number of allylic oxidation sites excluding steroid dienone is 2. The van der Waals surface area contributed by atoms with Gasteiger partial charge >= 0.3 is 0 Å². The number of benzene rings is 1. The molecule has 0 amide bonds. The summed E-state index contributed by atoms with van der Waals surface area (Å²) in [5.74, 6) is 0.00982. The normalized spacial score (nSPS) is 11.7.